The van der Waals surface area contributed by atoms with Gasteiger partial charge in [0.15, 0.2) is 0 Å². The van der Waals surface area contributed by atoms with E-state index in [0.717, 1.165) is 11.0 Å². The molecule has 0 spiro atoms. The van der Waals surface area contributed by atoms with Crippen LogP contribution in [-0.4, -0.2) is 35.1 Å². The van der Waals surface area contributed by atoms with Gasteiger partial charge < -0.3 is 10.1 Å². The van der Waals surface area contributed by atoms with E-state index in [4.69, 9.17) is 4.74 Å². The normalized spacial score (nSPS) is 16.1. The molecule has 8 nitrogen and oxygen atoms in total. The van der Waals surface area contributed by atoms with Crippen molar-refractivity contribution in [2.24, 2.45) is 0 Å². The van der Waals surface area contributed by atoms with E-state index in [2.05, 4.69) is 5.32 Å². The van der Waals surface area contributed by atoms with Gasteiger partial charge in [-0.3, -0.25) is 19.8 Å². The smallest absolute Gasteiger partial charge is 0.415 e. The molecule has 1 aliphatic heterocycles. The predicted octanol–water partition coefficient (Wildman–Crippen LogP) is 4.03. The summed E-state index contributed by atoms with van der Waals surface area (Å²) >= 11 is 0. The van der Waals surface area contributed by atoms with Crippen molar-refractivity contribution >= 4 is 23.4 Å². The first-order chi connectivity index (χ1) is 14.1. The lowest BCUT2D eigenvalue weighted by molar-refractivity contribution is -0.384. The van der Waals surface area contributed by atoms with Crippen molar-refractivity contribution in [2.75, 3.05) is 11.4 Å². The highest BCUT2D eigenvalue weighted by Crippen LogP contribution is 2.34. The van der Waals surface area contributed by atoms with Gasteiger partial charge in [-0.05, 0) is 51.0 Å². The highest BCUT2D eigenvalue weighted by molar-refractivity contribution is 5.99. The molecule has 0 radical (unpaired) electrons. The van der Waals surface area contributed by atoms with E-state index in [-0.39, 0.29) is 22.5 Å². The van der Waals surface area contributed by atoms with Gasteiger partial charge in [0.1, 0.15) is 17.5 Å². The van der Waals surface area contributed by atoms with E-state index in [1.165, 1.54) is 30.3 Å². The second-order valence-corrected chi connectivity index (χ2v) is 7.89. The quantitative estimate of drug-likeness (QED) is 0.600. The number of nitrogens with one attached hydrogen (secondary N) is 1. The molecule has 9 heteroatoms. The van der Waals surface area contributed by atoms with E-state index in [0.29, 0.717) is 13.0 Å². The fraction of sp³-hybridized carbons (Fsp3) is 0.333. The van der Waals surface area contributed by atoms with Gasteiger partial charge in [0.2, 0.25) is 5.91 Å². The number of hydrogen-bond acceptors (Lipinski definition) is 5. The van der Waals surface area contributed by atoms with Gasteiger partial charge in [0.25, 0.3) is 5.69 Å². The van der Waals surface area contributed by atoms with Crippen LogP contribution in [0.2, 0.25) is 0 Å². The highest BCUT2D eigenvalue weighted by Gasteiger charge is 2.38. The van der Waals surface area contributed by atoms with Crippen LogP contribution in [0.3, 0.4) is 0 Å². The molecule has 1 aliphatic rings. The topological polar surface area (TPSA) is 102 Å². The molecule has 0 aromatic heterocycles. The number of nitro benzene ring substituents is 1. The van der Waals surface area contributed by atoms with Crippen molar-refractivity contribution in [3.63, 3.8) is 0 Å². The maximum Gasteiger partial charge on any atom is 0.415 e. The fourth-order valence-electron chi connectivity index (χ4n) is 3.28. The largest absolute Gasteiger partial charge is 0.443 e. The van der Waals surface area contributed by atoms with Crippen molar-refractivity contribution in [3.05, 3.63) is 58.4 Å². The van der Waals surface area contributed by atoms with Crippen LogP contribution in [0.4, 0.5) is 20.6 Å². The van der Waals surface area contributed by atoms with Crippen molar-refractivity contribution < 1.29 is 23.6 Å². The molecule has 2 aromatic carbocycles. The Hall–Kier alpha value is -3.49. The summed E-state index contributed by atoms with van der Waals surface area (Å²) in [7, 11) is 0. The van der Waals surface area contributed by atoms with Gasteiger partial charge in [-0.2, -0.15) is 0 Å². The van der Waals surface area contributed by atoms with E-state index >= 15 is 4.39 Å². The Bertz CT molecular complexity index is 1000. The molecule has 1 atom stereocenters. The second kappa shape index (κ2) is 8.10. The van der Waals surface area contributed by atoms with Crippen LogP contribution >= 0.6 is 0 Å². The third kappa shape index (κ3) is 4.40. The van der Waals surface area contributed by atoms with Gasteiger partial charge in [-0.1, -0.05) is 18.2 Å². The summed E-state index contributed by atoms with van der Waals surface area (Å²) in [5, 5.41) is 13.9. The zero-order valence-electron chi connectivity index (χ0n) is 16.8. The van der Waals surface area contributed by atoms with E-state index in [1.807, 2.05) is 0 Å². The summed E-state index contributed by atoms with van der Waals surface area (Å²) in [5.74, 6) is -1.20. The van der Waals surface area contributed by atoms with Crippen LogP contribution in [0.1, 0.15) is 27.2 Å². The maximum absolute atomic E-state index is 15.1. The highest BCUT2D eigenvalue weighted by atomic mass is 19.1. The number of carbonyl (C=O) groups is 2. The second-order valence-electron chi connectivity index (χ2n) is 7.89. The minimum Gasteiger partial charge on any atom is -0.443 e. The molecule has 1 heterocycles. The van der Waals surface area contributed by atoms with E-state index in [1.54, 1.807) is 26.8 Å². The Morgan fingerprint density at radius 3 is 2.53 bits per heavy atom. The summed E-state index contributed by atoms with van der Waals surface area (Å²) in [6.07, 6.45) is -0.537. The van der Waals surface area contributed by atoms with E-state index < -0.39 is 34.4 Å². The molecule has 0 aliphatic carbocycles. The molecule has 1 N–H and O–H groups in total. The lowest BCUT2D eigenvalue weighted by Crippen LogP contribution is -2.47. The molecule has 0 bridgehead atoms. The lowest BCUT2D eigenvalue weighted by atomic mass is 10.0. The number of para-hydroxylation sites is 1. The fourth-order valence-corrected chi connectivity index (χ4v) is 3.28. The standard InChI is InChI=1S/C21H22FN3O5/c1-21(2,3)30-20(27)24(18-10-11-23-19(18)26)17-9-8-13(12-15(17)22)14-6-4-5-7-16(14)25(28)29/h4-9,12,18H,10-11H2,1-3H3,(H,23,26)/t18-/m0/s1. The molecule has 0 unspecified atom stereocenters. The number of ether oxygens (including phenoxy) is 1. The Morgan fingerprint density at radius 1 is 1.27 bits per heavy atom. The Balaban J connectivity index is 2.04. The van der Waals surface area contributed by atoms with Crippen LogP contribution < -0.4 is 10.2 Å². The molecule has 3 rings (SSSR count). The number of carbonyl (C=O) groups excluding carboxylic acids is 2. The summed E-state index contributed by atoms with van der Waals surface area (Å²) in [4.78, 5) is 36.8. The van der Waals surface area contributed by atoms with Gasteiger partial charge in [-0.25, -0.2) is 9.18 Å². The SMILES string of the molecule is CC(C)(C)OC(=O)N(c1ccc(-c2ccccc2[N+](=O)[O-])cc1F)[C@H]1CCNC1=O. The maximum atomic E-state index is 15.1. The van der Waals surface area contributed by atoms with Gasteiger partial charge in [-0.15, -0.1) is 0 Å². The van der Waals surface area contributed by atoms with Crippen molar-refractivity contribution in [3.8, 4) is 11.1 Å². The van der Waals surface area contributed by atoms with Crippen molar-refractivity contribution in [1.29, 1.82) is 0 Å². The third-order valence-electron chi connectivity index (χ3n) is 4.54. The Morgan fingerprint density at radius 2 is 1.97 bits per heavy atom. The zero-order chi connectivity index (χ0) is 22.1. The van der Waals surface area contributed by atoms with Gasteiger partial charge in [0, 0.05) is 12.6 Å². The van der Waals surface area contributed by atoms with Crippen LogP contribution in [-0.2, 0) is 9.53 Å². The molecule has 1 fully saturated rings. The molecule has 2 amide bonds. The number of anilines is 1. The van der Waals surface area contributed by atoms with Gasteiger partial charge in [0.05, 0.1) is 16.2 Å². The summed E-state index contributed by atoms with van der Waals surface area (Å²) < 4.78 is 20.5. The minimum absolute atomic E-state index is 0.131. The summed E-state index contributed by atoms with van der Waals surface area (Å²) in [5.41, 5.74) is -0.609. The molecule has 158 valence electrons. The van der Waals surface area contributed by atoms with Crippen LogP contribution in [0.5, 0.6) is 0 Å². The number of hydrogen-bond donors (Lipinski definition) is 1. The number of benzene rings is 2. The Kier molecular flexibility index (Phi) is 5.73. The number of nitrogens with zero attached hydrogens (tertiary/aromatic N) is 2. The van der Waals surface area contributed by atoms with Crippen LogP contribution in [0.15, 0.2) is 42.5 Å². The molecule has 0 saturated carbocycles. The lowest BCUT2D eigenvalue weighted by Gasteiger charge is -2.30. The first kappa shape index (κ1) is 21.2. The first-order valence-electron chi connectivity index (χ1n) is 9.42. The number of amides is 2. The number of halogens is 1. The van der Waals surface area contributed by atoms with Crippen LogP contribution in [0, 0.1) is 15.9 Å². The van der Waals surface area contributed by atoms with Crippen LogP contribution in [0.25, 0.3) is 11.1 Å². The summed E-state index contributed by atoms with van der Waals surface area (Å²) in [6.45, 7) is 5.38. The first-order valence-corrected chi connectivity index (χ1v) is 9.42. The molecule has 2 aromatic rings. The van der Waals surface area contributed by atoms with E-state index in [9.17, 15) is 19.7 Å². The minimum atomic E-state index is -0.911. The average Bonchev–Trinajstić information content (AvgIpc) is 3.07. The molecule has 30 heavy (non-hydrogen) atoms. The number of nitro groups is 1. The molecule has 1 saturated heterocycles. The molecular weight excluding hydrogens is 393 g/mol. The Labute approximate surface area is 172 Å². The molecular formula is C21H22FN3O5. The number of rotatable bonds is 4. The summed E-state index contributed by atoms with van der Waals surface area (Å²) in [6, 6.07) is 8.99. The van der Waals surface area contributed by atoms with Gasteiger partial charge >= 0.3 is 6.09 Å². The predicted molar refractivity (Wildman–Crippen MR) is 109 cm³/mol. The monoisotopic (exact) mass is 415 g/mol. The zero-order valence-corrected chi connectivity index (χ0v) is 16.8. The third-order valence-corrected chi connectivity index (χ3v) is 4.54. The average molecular weight is 415 g/mol. The van der Waals surface area contributed by atoms with Crippen molar-refractivity contribution in [2.45, 2.75) is 38.8 Å². The van der Waals surface area contributed by atoms with Crippen molar-refractivity contribution in [1.82, 2.24) is 5.32 Å².